The van der Waals surface area contributed by atoms with Gasteiger partial charge in [-0.1, -0.05) is 30.3 Å². The van der Waals surface area contributed by atoms with Gasteiger partial charge in [0.25, 0.3) is 0 Å². The Hall–Kier alpha value is -3.14. The molecule has 1 aromatic heterocycles. The minimum Gasteiger partial charge on any atom is -0.493 e. The van der Waals surface area contributed by atoms with Gasteiger partial charge >= 0.3 is 0 Å². The summed E-state index contributed by atoms with van der Waals surface area (Å²) in [5, 5.41) is 0. The minimum absolute atomic E-state index is 0.0784. The van der Waals surface area contributed by atoms with Crippen molar-refractivity contribution >= 4 is 5.78 Å². The van der Waals surface area contributed by atoms with Gasteiger partial charge in [-0.2, -0.15) is 0 Å². The van der Waals surface area contributed by atoms with Gasteiger partial charge in [-0.05, 0) is 35.9 Å². The molecule has 0 saturated carbocycles. The molecule has 0 unspecified atom stereocenters. The number of benzene rings is 2. The lowest BCUT2D eigenvalue weighted by atomic mass is 10.0. The highest BCUT2D eigenvalue weighted by atomic mass is 16.5. The zero-order chi connectivity index (χ0) is 16.8. The summed E-state index contributed by atoms with van der Waals surface area (Å²) in [4.78, 5) is 16.4. The SMILES string of the molecule is COc1cc(C(=O)c2ccncc2)ccc1OCc1ccccc1. The molecule has 0 aliphatic carbocycles. The predicted octanol–water partition coefficient (Wildman–Crippen LogP) is 3.90. The van der Waals surface area contributed by atoms with Crippen LogP contribution in [0.2, 0.25) is 0 Å². The van der Waals surface area contributed by atoms with Crippen molar-refractivity contribution < 1.29 is 14.3 Å². The lowest BCUT2D eigenvalue weighted by Gasteiger charge is -2.12. The van der Waals surface area contributed by atoms with Gasteiger partial charge < -0.3 is 9.47 Å². The van der Waals surface area contributed by atoms with Gasteiger partial charge in [0.2, 0.25) is 0 Å². The normalized spacial score (nSPS) is 10.2. The van der Waals surface area contributed by atoms with Crippen molar-refractivity contribution in [1.29, 1.82) is 0 Å². The molecule has 0 fully saturated rings. The summed E-state index contributed by atoms with van der Waals surface area (Å²) >= 11 is 0. The molecule has 0 N–H and O–H groups in total. The fourth-order valence-electron chi connectivity index (χ4n) is 2.33. The summed E-state index contributed by atoms with van der Waals surface area (Å²) in [5.74, 6) is 1.06. The highest BCUT2D eigenvalue weighted by Gasteiger charge is 2.13. The van der Waals surface area contributed by atoms with E-state index in [0.717, 1.165) is 5.56 Å². The summed E-state index contributed by atoms with van der Waals surface area (Å²) in [5.41, 5.74) is 2.20. The van der Waals surface area contributed by atoms with Crippen LogP contribution in [0.25, 0.3) is 0 Å². The first-order valence-electron chi connectivity index (χ1n) is 7.57. The Morgan fingerprint density at radius 3 is 2.38 bits per heavy atom. The first kappa shape index (κ1) is 15.7. The number of ether oxygens (including phenoxy) is 2. The van der Waals surface area contributed by atoms with Crippen molar-refractivity contribution in [2.24, 2.45) is 0 Å². The van der Waals surface area contributed by atoms with Crippen LogP contribution in [0.15, 0.2) is 73.1 Å². The first-order chi connectivity index (χ1) is 11.8. The van der Waals surface area contributed by atoms with E-state index in [9.17, 15) is 4.79 Å². The molecule has 3 rings (SSSR count). The summed E-state index contributed by atoms with van der Waals surface area (Å²) in [7, 11) is 1.56. The van der Waals surface area contributed by atoms with Crippen LogP contribution in [0.1, 0.15) is 21.5 Å². The monoisotopic (exact) mass is 319 g/mol. The van der Waals surface area contributed by atoms with Crippen LogP contribution in [-0.2, 0) is 6.61 Å². The maximum absolute atomic E-state index is 12.5. The highest BCUT2D eigenvalue weighted by Crippen LogP contribution is 2.29. The van der Waals surface area contributed by atoms with E-state index >= 15 is 0 Å². The highest BCUT2D eigenvalue weighted by molar-refractivity contribution is 6.09. The summed E-state index contributed by atoms with van der Waals surface area (Å²) < 4.78 is 11.2. The third-order valence-corrected chi connectivity index (χ3v) is 3.61. The second-order valence-electron chi connectivity index (χ2n) is 5.20. The van der Waals surface area contributed by atoms with Crippen LogP contribution < -0.4 is 9.47 Å². The fraction of sp³-hybridized carbons (Fsp3) is 0.100. The lowest BCUT2D eigenvalue weighted by molar-refractivity contribution is 0.103. The zero-order valence-electron chi connectivity index (χ0n) is 13.3. The van der Waals surface area contributed by atoms with Gasteiger partial charge in [-0.25, -0.2) is 0 Å². The van der Waals surface area contributed by atoms with Crippen molar-refractivity contribution in [2.45, 2.75) is 6.61 Å². The zero-order valence-corrected chi connectivity index (χ0v) is 13.3. The Balaban J connectivity index is 1.79. The van der Waals surface area contributed by atoms with Crippen LogP contribution in [0.4, 0.5) is 0 Å². The van der Waals surface area contributed by atoms with Gasteiger partial charge in [0.15, 0.2) is 17.3 Å². The third-order valence-electron chi connectivity index (χ3n) is 3.61. The maximum Gasteiger partial charge on any atom is 0.193 e. The Morgan fingerprint density at radius 2 is 1.67 bits per heavy atom. The molecule has 0 bridgehead atoms. The Morgan fingerprint density at radius 1 is 0.917 bits per heavy atom. The smallest absolute Gasteiger partial charge is 0.193 e. The molecule has 4 heteroatoms. The summed E-state index contributed by atoms with van der Waals surface area (Å²) in [6.45, 7) is 0.439. The van der Waals surface area contributed by atoms with E-state index in [1.807, 2.05) is 30.3 Å². The maximum atomic E-state index is 12.5. The van der Waals surface area contributed by atoms with Gasteiger partial charge in [0.05, 0.1) is 7.11 Å². The van der Waals surface area contributed by atoms with Crippen molar-refractivity contribution in [2.75, 3.05) is 7.11 Å². The molecular formula is C20H17NO3. The van der Waals surface area contributed by atoms with Crippen LogP contribution in [0.3, 0.4) is 0 Å². The van der Waals surface area contributed by atoms with E-state index in [2.05, 4.69) is 4.98 Å². The van der Waals surface area contributed by atoms with Crippen LogP contribution in [0, 0.1) is 0 Å². The average molecular weight is 319 g/mol. The average Bonchev–Trinajstić information content (AvgIpc) is 2.67. The van der Waals surface area contributed by atoms with Crippen molar-refractivity contribution in [3.05, 3.63) is 89.7 Å². The van der Waals surface area contributed by atoms with Gasteiger partial charge in [-0.15, -0.1) is 0 Å². The van der Waals surface area contributed by atoms with Crippen LogP contribution in [0.5, 0.6) is 11.5 Å². The number of aromatic nitrogens is 1. The van der Waals surface area contributed by atoms with E-state index < -0.39 is 0 Å². The number of carbonyl (C=O) groups is 1. The first-order valence-corrected chi connectivity index (χ1v) is 7.57. The third kappa shape index (κ3) is 3.60. The standard InChI is InChI=1S/C20H17NO3/c1-23-19-13-17(20(22)16-9-11-21-12-10-16)7-8-18(19)24-14-15-5-3-2-4-6-15/h2-13H,14H2,1H3. The van der Waals surface area contributed by atoms with Gasteiger partial charge in [-0.3, -0.25) is 9.78 Å². The molecule has 0 saturated heterocycles. The Kier molecular flexibility index (Phi) is 4.87. The molecule has 0 radical (unpaired) electrons. The van der Waals surface area contributed by atoms with Crippen LogP contribution in [-0.4, -0.2) is 17.9 Å². The fourth-order valence-corrected chi connectivity index (χ4v) is 2.33. The van der Waals surface area contributed by atoms with Crippen molar-refractivity contribution in [3.8, 4) is 11.5 Å². The molecule has 0 aliphatic rings. The van der Waals surface area contributed by atoms with Crippen LogP contribution >= 0.6 is 0 Å². The predicted molar refractivity (Wildman–Crippen MR) is 91.4 cm³/mol. The molecular weight excluding hydrogens is 302 g/mol. The number of carbonyl (C=O) groups excluding carboxylic acids is 1. The lowest BCUT2D eigenvalue weighted by Crippen LogP contribution is -2.03. The molecule has 0 aliphatic heterocycles. The molecule has 4 nitrogen and oxygen atoms in total. The van der Waals surface area contributed by atoms with Crippen molar-refractivity contribution in [1.82, 2.24) is 4.98 Å². The van der Waals surface area contributed by atoms with E-state index in [1.165, 1.54) is 0 Å². The van der Waals surface area contributed by atoms with E-state index in [-0.39, 0.29) is 5.78 Å². The minimum atomic E-state index is -0.0784. The second kappa shape index (κ2) is 7.42. The number of hydrogen-bond acceptors (Lipinski definition) is 4. The molecule has 0 atom stereocenters. The molecule has 2 aromatic carbocycles. The number of pyridine rings is 1. The molecule has 1 heterocycles. The Labute approximate surface area is 140 Å². The Bertz CT molecular complexity index is 817. The molecule has 3 aromatic rings. The van der Waals surface area contributed by atoms with Gasteiger partial charge in [0, 0.05) is 23.5 Å². The largest absolute Gasteiger partial charge is 0.493 e. The topological polar surface area (TPSA) is 48.4 Å². The number of rotatable bonds is 6. The summed E-state index contributed by atoms with van der Waals surface area (Å²) in [6.07, 6.45) is 3.20. The number of ketones is 1. The molecule has 0 amide bonds. The van der Waals surface area contributed by atoms with Gasteiger partial charge in [0.1, 0.15) is 6.61 Å². The molecule has 24 heavy (non-hydrogen) atoms. The summed E-state index contributed by atoms with van der Waals surface area (Å²) in [6, 6.07) is 18.5. The number of methoxy groups -OCH3 is 1. The number of hydrogen-bond donors (Lipinski definition) is 0. The van der Waals surface area contributed by atoms with E-state index in [0.29, 0.717) is 29.2 Å². The second-order valence-corrected chi connectivity index (χ2v) is 5.20. The number of nitrogens with zero attached hydrogens (tertiary/aromatic N) is 1. The molecule has 0 spiro atoms. The van der Waals surface area contributed by atoms with Crippen molar-refractivity contribution in [3.63, 3.8) is 0 Å². The quantitative estimate of drug-likeness (QED) is 0.647. The van der Waals surface area contributed by atoms with E-state index in [4.69, 9.17) is 9.47 Å². The van der Waals surface area contributed by atoms with E-state index in [1.54, 1.807) is 49.8 Å². The molecule has 120 valence electrons.